The normalized spacial score (nSPS) is 11.9. The molecule has 0 bridgehead atoms. The van der Waals surface area contributed by atoms with Crippen LogP contribution in [0.3, 0.4) is 0 Å². The van der Waals surface area contributed by atoms with Gasteiger partial charge >= 0.3 is 0 Å². The zero-order valence-electron chi connectivity index (χ0n) is 18.2. The van der Waals surface area contributed by atoms with Crippen molar-refractivity contribution in [2.45, 2.75) is 25.7 Å². The fourth-order valence-electron chi connectivity index (χ4n) is 3.10. The number of benzene rings is 2. The second-order valence-electron chi connectivity index (χ2n) is 7.04. The summed E-state index contributed by atoms with van der Waals surface area (Å²) in [6.07, 6.45) is 4.21. The summed E-state index contributed by atoms with van der Waals surface area (Å²) in [5, 5.41) is 6.84. The first kappa shape index (κ1) is 22.9. The number of carbonyl (C=O) groups excluding carboxylic acids is 2. The summed E-state index contributed by atoms with van der Waals surface area (Å²) in [6, 6.07) is 10.5. The van der Waals surface area contributed by atoms with E-state index in [2.05, 4.69) is 15.8 Å². The van der Waals surface area contributed by atoms with Crippen LogP contribution in [0, 0.1) is 0 Å². The molecule has 9 nitrogen and oxygen atoms in total. The molecule has 0 atom stereocenters. The van der Waals surface area contributed by atoms with Crippen LogP contribution in [0.25, 0.3) is 0 Å². The van der Waals surface area contributed by atoms with Crippen molar-refractivity contribution in [3.05, 3.63) is 47.5 Å². The molecule has 2 aromatic carbocycles. The Kier molecular flexibility index (Phi) is 8.30. The van der Waals surface area contributed by atoms with Crippen LogP contribution in [0.1, 0.15) is 41.6 Å². The summed E-state index contributed by atoms with van der Waals surface area (Å²) in [7, 11) is 3.07. The quantitative estimate of drug-likeness (QED) is 0.315. The van der Waals surface area contributed by atoms with Gasteiger partial charge in [0.25, 0.3) is 5.91 Å². The van der Waals surface area contributed by atoms with Crippen molar-refractivity contribution >= 4 is 18.0 Å². The minimum Gasteiger partial charge on any atom is -0.493 e. The Bertz CT molecular complexity index is 976. The molecule has 2 N–H and O–H groups in total. The fourth-order valence-corrected chi connectivity index (χ4v) is 3.10. The van der Waals surface area contributed by atoms with Gasteiger partial charge in [0, 0.05) is 18.5 Å². The van der Waals surface area contributed by atoms with Crippen LogP contribution < -0.4 is 29.7 Å². The first-order chi connectivity index (χ1) is 15.6. The first-order valence-corrected chi connectivity index (χ1v) is 10.3. The molecule has 32 heavy (non-hydrogen) atoms. The largest absolute Gasteiger partial charge is 0.493 e. The molecule has 0 aromatic heterocycles. The molecular formula is C23H27N3O6. The smallest absolute Gasteiger partial charge is 0.251 e. The molecule has 0 saturated carbocycles. The minimum atomic E-state index is -0.179. The number of amides is 2. The van der Waals surface area contributed by atoms with Crippen LogP contribution >= 0.6 is 0 Å². The average Bonchev–Trinajstić information content (AvgIpc) is 3.28. The summed E-state index contributed by atoms with van der Waals surface area (Å²) >= 11 is 0. The summed E-state index contributed by atoms with van der Waals surface area (Å²) in [4.78, 5) is 24.1. The van der Waals surface area contributed by atoms with Crippen molar-refractivity contribution in [1.82, 2.24) is 10.7 Å². The Hall–Kier alpha value is -3.75. The molecule has 0 aliphatic carbocycles. The summed E-state index contributed by atoms with van der Waals surface area (Å²) in [6.45, 7) is 0.740. The number of fused-ring (bicyclic) bond motifs is 1. The molecule has 0 spiro atoms. The molecule has 3 rings (SSSR count). The molecule has 2 aromatic rings. The molecule has 2 amide bonds. The number of hydrazone groups is 1. The van der Waals surface area contributed by atoms with Crippen LogP contribution in [-0.2, 0) is 4.79 Å². The number of hydrogen-bond acceptors (Lipinski definition) is 7. The Morgan fingerprint density at radius 3 is 2.62 bits per heavy atom. The van der Waals surface area contributed by atoms with E-state index in [4.69, 9.17) is 18.9 Å². The van der Waals surface area contributed by atoms with Gasteiger partial charge in [0.2, 0.25) is 12.7 Å². The number of methoxy groups -OCH3 is 2. The van der Waals surface area contributed by atoms with Crippen LogP contribution in [-0.4, -0.2) is 45.6 Å². The monoisotopic (exact) mass is 441 g/mol. The van der Waals surface area contributed by atoms with E-state index in [-0.39, 0.29) is 18.6 Å². The molecule has 1 aliphatic rings. The number of nitrogens with one attached hydrogen (secondary N) is 2. The first-order valence-electron chi connectivity index (χ1n) is 10.3. The van der Waals surface area contributed by atoms with E-state index in [1.165, 1.54) is 7.11 Å². The van der Waals surface area contributed by atoms with Crippen molar-refractivity contribution in [2.24, 2.45) is 5.10 Å². The van der Waals surface area contributed by atoms with E-state index in [1.54, 1.807) is 43.7 Å². The van der Waals surface area contributed by atoms with Gasteiger partial charge in [-0.2, -0.15) is 5.10 Å². The zero-order valence-corrected chi connectivity index (χ0v) is 18.2. The van der Waals surface area contributed by atoms with Crippen molar-refractivity contribution in [3.8, 4) is 23.0 Å². The van der Waals surface area contributed by atoms with Gasteiger partial charge in [0.05, 0.1) is 20.4 Å². The second-order valence-corrected chi connectivity index (χ2v) is 7.04. The SMILES string of the molecule is COc1ccc(C(=O)NCCCCCC(=O)NN=Cc2ccc3c(c2)OCO3)cc1OC. The van der Waals surface area contributed by atoms with Crippen molar-refractivity contribution in [1.29, 1.82) is 0 Å². The zero-order chi connectivity index (χ0) is 22.8. The van der Waals surface area contributed by atoms with Gasteiger partial charge in [-0.05, 0) is 54.8 Å². The van der Waals surface area contributed by atoms with Crippen LogP contribution in [0.5, 0.6) is 23.0 Å². The predicted octanol–water partition coefficient (Wildman–Crippen LogP) is 2.87. The lowest BCUT2D eigenvalue weighted by Crippen LogP contribution is -2.24. The highest BCUT2D eigenvalue weighted by Gasteiger charge is 2.12. The molecule has 0 fully saturated rings. The third kappa shape index (κ3) is 6.37. The molecule has 0 unspecified atom stereocenters. The molecular weight excluding hydrogens is 414 g/mol. The topological polar surface area (TPSA) is 107 Å². The van der Waals surface area contributed by atoms with Gasteiger partial charge in [0.15, 0.2) is 23.0 Å². The minimum absolute atomic E-state index is 0.156. The Morgan fingerprint density at radius 1 is 1.00 bits per heavy atom. The van der Waals surface area contributed by atoms with Gasteiger partial charge in [-0.15, -0.1) is 0 Å². The van der Waals surface area contributed by atoms with Crippen LogP contribution in [0.15, 0.2) is 41.5 Å². The van der Waals surface area contributed by atoms with Crippen molar-refractivity contribution < 1.29 is 28.5 Å². The lowest BCUT2D eigenvalue weighted by Gasteiger charge is -2.10. The average molecular weight is 441 g/mol. The number of nitrogens with zero attached hydrogens (tertiary/aromatic N) is 1. The third-order valence-corrected chi connectivity index (χ3v) is 4.81. The molecule has 0 saturated heterocycles. The number of ether oxygens (including phenoxy) is 4. The van der Waals surface area contributed by atoms with E-state index in [0.717, 1.165) is 18.4 Å². The van der Waals surface area contributed by atoms with E-state index in [9.17, 15) is 9.59 Å². The van der Waals surface area contributed by atoms with Crippen LogP contribution in [0.4, 0.5) is 0 Å². The van der Waals surface area contributed by atoms with Crippen molar-refractivity contribution in [2.75, 3.05) is 27.6 Å². The van der Waals surface area contributed by atoms with Crippen LogP contribution in [0.2, 0.25) is 0 Å². The van der Waals surface area contributed by atoms with Gasteiger partial charge < -0.3 is 24.3 Å². The van der Waals surface area contributed by atoms with E-state index in [0.29, 0.717) is 47.9 Å². The highest BCUT2D eigenvalue weighted by atomic mass is 16.7. The number of hydrogen-bond donors (Lipinski definition) is 2. The molecule has 170 valence electrons. The van der Waals surface area contributed by atoms with Gasteiger partial charge in [0.1, 0.15) is 0 Å². The summed E-state index contributed by atoms with van der Waals surface area (Å²) in [5.41, 5.74) is 3.82. The summed E-state index contributed by atoms with van der Waals surface area (Å²) in [5.74, 6) is 2.11. The van der Waals surface area contributed by atoms with E-state index < -0.39 is 0 Å². The number of carbonyl (C=O) groups is 2. The molecule has 0 radical (unpaired) electrons. The maximum atomic E-state index is 12.2. The molecule has 1 heterocycles. The molecule has 1 aliphatic heterocycles. The lowest BCUT2D eigenvalue weighted by molar-refractivity contribution is -0.121. The Balaban J connectivity index is 1.29. The Morgan fingerprint density at radius 2 is 1.81 bits per heavy atom. The maximum Gasteiger partial charge on any atom is 0.251 e. The van der Waals surface area contributed by atoms with E-state index >= 15 is 0 Å². The lowest BCUT2D eigenvalue weighted by atomic mass is 10.1. The van der Waals surface area contributed by atoms with Gasteiger partial charge in [-0.1, -0.05) is 6.42 Å². The van der Waals surface area contributed by atoms with E-state index in [1.807, 2.05) is 6.07 Å². The standard InChI is InChI=1S/C23H27N3O6/c1-29-18-10-8-17(13-20(18)30-2)23(28)24-11-5-3-4-6-22(27)26-25-14-16-7-9-19-21(12-16)32-15-31-19/h7-10,12-14H,3-6,11,15H2,1-2H3,(H,24,28)(H,26,27). The molecule has 9 heteroatoms. The maximum absolute atomic E-state index is 12.2. The predicted molar refractivity (Wildman–Crippen MR) is 119 cm³/mol. The van der Waals surface area contributed by atoms with Gasteiger partial charge in [-0.3, -0.25) is 9.59 Å². The number of rotatable bonds is 11. The van der Waals surface area contributed by atoms with Crippen molar-refractivity contribution in [3.63, 3.8) is 0 Å². The van der Waals surface area contributed by atoms with Gasteiger partial charge in [-0.25, -0.2) is 5.43 Å². The fraction of sp³-hybridized carbons (Fsp3) is 0.348. The third-order valence-electron chi connectivity index (χ3n) is 4.81. The second kappa shape index (κ2) is 11.6. The Labute approximate surface area is 186 Å². The highest BCUT2D eigenvalue weighted by molar-refractivity contribution is 5.94. The highest BCUT2D eigenvalue weighted by Crippen LogP contribution is 2.32. The summed E-state index contributed by atoms with van der Waals surface area (Å²) < 4.78 is 20.9. The number of unbranched alkanes of at least 4 members (excludes halogenated alkanes) is 2.